The molecule has 0 fully saturated rings. The number of carbonyl (C=O) groups excluding carboxylic acids is 3. The highest BCUT2D eigenvalue weighted by molar-refractivity contribution is 6.03. The largest absolute Gasteiger partial charge is 0.464 e. The normalized spacial score (nSPS) is 10.5. The minimum absolute atomic E-state index is 0.127. The van der Waals surface area contributed by atoms with Crippen LogP contribution in [0, 0.1) is 0 Å². The van der Waals surface area contributed by atoms with Gasteiger partial charge in [-0.2, -0.15) is 0 Å². The van der Waals surface area contributed by atoms with Crippen LogP contribution in [0.25, 0.3) is 0 Å². The molecule has 0 aliphatic carbocycles. The van der Waals surface area contributed by atoms with E-state index in [1.54, 1.807) is 6.07 Å². The molecule has 0 bridgehead atoms. The van der Waals surface area contributed by atoms with Crippen LogP contribution in [0.4, 0.5) is 9.59 Å². The molecule has 2 N–H and O–H groups in total. The summed E-state index contributed by atoms with van der Waals surface area (Å²) in [6.07, 6.45) is -0.365. The van der Waals surface area contributed by atoms with Gasteiger partial charge in [-0.05, 0) is 12.1 Å². The van der Waals surface area contributed by atoms with Gasteiger partial charge in [0.15, 0.2) is 0 Å². The Kier molecular flexibility index (Phi) is 5.74. The van der Waals surface area contributed by atoms with Crippen molar-refractivity contribution in [3.05, 3.63) is 24.0 Å². The van der Waals surface area contributed by atoms with E-state index in [0.29, 0.717) is 0 Å². The molecule has 0 radical (unpaired) electrons. The summed E-state index contributed by atoms with van der Waals surface area (Å²) >= 11 is 0. The second-order valence-corrected chi connectivity index (χ2v) is 3.41. The summed E-state index contributed by atoms with van der Waals surface area (Å²) in [4.78, 5) is 37.3. The summed E-state index contributed by atoms with van der Waals surface area (Å²) in [6, 6.07) is 3.01. The van der Waals surface area contributed by atoms with E-state index in [-0.39, 0.29) is 11.7 Å². The lowest BCUT2D eigenvalue weighted by Gasteiger charge is -2.13. The fraction of sp³-hybridized carbons (Fsp3) is 0.273. The first kappa shape index (κ1) is 16.0. The third-order valence-corrected chi connectivity index (χ3v) is 2.15. The second-order valence-electron chi connectivity index (χ2n) is 3.41. The topological polar surface area (TPSA) is 120 Å². The molecule has 1 aromatic rings. The van der Waals surface area contributed by atoms with Gasteiger partial charge in [-0.25, -0.2) is 14.4 Å². The Hall–Kier alpha value is -3.04. The zero-order chi connectivity index (χ0) is 15.8. The summed E-state index contributed by atoms with van der Waals surface area (Å²) in [7, 11) is 3.48. The van der Waals surface area contributed by atoms with E-state index >= 15 is 0 Å². The number of rotatable bonds is 2. The molecule has 1 aromatic heterocycles. The molecule has 114 valence electrons. The molecule has 0 unspecified atom stereocenters. The predicted octanol–water partition coefficient (Wildman–Crippen LogP) is 0.297. The molecule has 0 aliphatic heterocycles. The smallest absolute Gasteiger partial charge is 0.436 e. The predicted molar refractivity (Wildman–Crippen MR) is 70.5 cm³/mol. The second kappa shape index (κ2) is 7.53. The molecule has 0 spiro atoms. The number of ether oxygens (including phenoxy) is 3. The van der Waals surface area contributed by atoms with Crippen molar-refractivity contribution in [2.24, 2.45) is 4.99 Å². The molecular weight excluding hydrogens is 284 g/mol. The van der Waals surface area contributed by atoms with Crippen molar-refractivity contribution in [3.8, 4) is 0 Å². The first-order valence-electron chi connectivity index (χ1n) is 5.56. The number of aromatic nitrogens is 1. The van der Waals surface area contributed by atoms with Gasteiger partial charge >= 0.3 is 18.2 Å². The lowest BCUT2D eigenvalue weighted by Crippen LogP contribution is -2.40. The molecule has 10 nitrogen and oxygen atoms in total. The number of guanidine groups is 1. The van der Waals surface area contributed by atoms with Crippen LogP contribution >= 0.6 is 0 Å². The Bertz CT molecular complexity index is 565. The van der Waals surface area contributed by atoms with Crippen molar-refractivity contribution in [2.45, 2.75) is 0 Å². The number of hydrogen-bond donors (Lipinski definition) is 2. The van der Waals surface area contributed by atoms with Gasteiger partial charge in [0, 0.05) is 6.20 Å². The number of methoxy groups -OCH3 is 3. The minimum atomic E-state index is -0.958. The number of alkyl carbamates (subject to hydrolysis) is 1. The number of nitrogens with one attached hydrogen (secondary N) is 2. The average Bonchev–Trinajstić information content (AvgIpc) is 2.93. The Morgan fingerprint density at radius 1 is 1.14 bits per heavy atom. The maximum absolute atomic E-state index is 11.5. The fourth-order valence-corrected chi connectivity index (χ4v) is 1.23. The van der Waals surface area contributed by atoms with Crippen LogP contribution in [0.2, 0.25) is 0 Å². The van der Waals surface area contributed by atoms with Gasteiger partial charge in [0.1, 0.15) is 5.69 Å². The molecule has 0 atom stereocenters. The monoisotopic (exact) mass is 298 g/mol. The van der Waals surface area contributed by atoms with Gasteiger partial charge in [-0.15, -0.1) is 4.99 Å². The van der Waals surface area contributed by atoms with Crippen molar-refractivity contribution in [1.82, 2.24) is 9.99 Å². The summed E-state index contributed by atoms with van der Waals surface area (Å²) in [6.45, 7) is 0. The molecule has 10 heteroatoms. The van der Waals surface area contributed by atoms with Crippen molar-refractivity contribution >= 4 is 24.1 Å². The molecular formula is C11H14N4O6. The summed E-state index contributed by atoms with van der Waals surface area (Å²) in [5.74, 6) is -0.918. The van der Waals surface area contributed by atoms with E-state index in [0.717, 1.165) is 14.2 Å². The maximum Gasteiger partial charge on any atom is 0.436 e. The van der Waals surface area contributed by atoms with E-state index in [4.69, 9.17) is 0 Å². The summed E-state index contributed by atoms with van der Waals surface area (Å²) in [5.41, 5.74) is 2.65. The molecule has 0 saturated carbocycles. The van der Waals surface area contributed by atoms with E-state index in [1.807, 2.05) is 0 Å². The first-order valence-corrected chi connectivity index (χ1v) is 5.56. The summed E-state index contributed by atoms with van der Waals surface area (Å²) < 4.78 is 14.5. The fourth-order valence-electron chi connectivity index (χ4n) is 1.23. The van der Waals surface area contributed by atoms with Crippen LogP contribution in [0.5, 0.6) is 0 Å². The molecule has 2 amide bonds. The van der Waals surface area contributed by atoms with Crippen molar-refractivity contribution < 1.29 is 28.6 Å². The number of esters is 1. The zero-order valence-electron chi connectivity index (χ0n) is 11.6. The van der Waals surface area contributed by atoms with Crippen molar-refractivity contribution in [2.75, 3.05) is 26.8 Å². The number of aliphatic imine (C=N–C) groups is 1. The van der Waals surface area contributed by atoms with E-state index in [1.165, 1.54) is 24.0 Å². The lowest BCUT2D eigenvalue weighted by molar-refractivity contribution is 0.0590. The van der Waals surface area contributed by atoms with Gasteiger partial charge in [-0.1, -0.05) is 0 Å². The maximum atomic E-state index is 11.5. The Balaban J connectivity index is 2.98. The van der Waals surface area contributed by atoms with E-state index in [2.05, 4.69) is 29.9 Å². The molecule has 1 rings (SSSR count). The Morgan fingerprint density at radius 3 is 2.43 bits per heavy atom. The van der Waals surface area contributed by atoms with Gasteiger partial charge in [-0.3, -0.25) is 15.4 Å². The van der Waals surface area contributed by atoms with Gasteiger partial charge in [0.2, 0.25) is 5.96 Å². The van der Waals surface area contributed by atoms with Crippen molar-refractivity contribution in [1.29, 1.82) is 0 Å². The van der Waals surface area contributed by atoms with E-state index < -0.39 is 18.2 Å². The van der Waals surface area contributed by atoms with Crippen molar-refractivity contribution in [3.63, 3.8) is 0 Å². The zero-order valence-corrected chi connectivity index (χ0v) is 11.6. The highest BCUT2D eigenvalue weighted by Crippen LogP contribution is 2.01. The first-order chi connectivity index (χ1) is 10.0. The molecule has 1 heterocycles. The van der Waals surface area contributed by atoms with E-state index in [9.17, 15) is 14.4 Å². The summed E-state index contributed by atoms with van der Waals surface area (Å²) in [5, 5.41) is 2.16. The van der Waals surface area contributed by atoms with Gasteiger partial charge in [0.05, 0.1) is 21.3 Å². The van der Waals surface area contributed by atoms with Crippen LogP contribution < -0.4 is 10.7 Å². The van der Waals surface area contributed by atoms with Gasteiger partial charge < -0.3 is 14.2 Å². The molecule has 0 aliphatic rings. The number of carbonyl (C=O) groups is 3. The number of nitrogens with zero attached hydrogens (tertiary/aromatic N) is 2. The highest BCUT2D eigenvalue weighted by Gasteiger charge is 2.14. The molecule has 0 aromatic carbocycles. The third-order valence-electron chi connectivity index (χ3n) is 2.15. The van der Waals surface area contributed by atoms with Crippen LogP contribution in [-0.2, 0) is 14.2 Å². The van der Waals surface area contributed by atoms with Crippen LogP contribution in [0.1, 0.15) is 10.5 Å². The van der Waals surface area contributed by atoms with Crippen LogP contribution in [-0.4, -0.2) is 50.1 Å². The third kappa shape index (κ3) is 4.53. The minimum Gasteiger partial charge on any atom is -0.464 e. The number of amides is 2. The average molecular weight is 298 g/mol. The van der Waals surface area contributed by atoms with Crippen LogP contribution in [0.15, 0.2) is 23.3 Å². The SMILES string of the molecule is COC(=O)N=C(NC(=O)OC)Nn1cccc1C(=O)OC. The van der Waals surface area contributed by atoms with Gasteiger partial charge in [0.25, 0.3) is 0 Å². The Morgan fingerprint density at radius 2 is 1.86 bits per heavy atom. The number of hydrogen-bond acceptors (Lipinski definition) is 6. The standard InChI is InChI=1S/C11H14N4O6/c1-19-8(16)7-5-4-6-15(7)14-9(12-10(17)20-2)13-11(18)21-3/h4-6H,1-3H3,(H2,12,13,14,17,18). The van der Waals surface area contributed by atoms with Crippen LogP contribution in [0.3, 0.4) is 0 Å². The quantitative estimate of drug-likeness (QED) is 0.348. The highest BCUT2D eigenvalue weighted by atomic mass is 16.5. The lowest BCUT2D eigenvalue weighted by atomic mass is 10.4. The Labute approximate surface area is 119 Å². The molecule has 21 heavy (non-hydrogen) atoms. The molecule has 0 saturated heterocycles.